The zero-order chi connectivity index (χ0) is 27.6. The molecule has 0 bridgehead atoms. The summed E-state index contributed by atoms with van der Waals surface area (Å²) in [6, 6.07) is 29.6. The van der Waals surface area contributed by atoms with Crippen molar-refractivity contribution < 1.29 is 14.3 Å². The normalized spacial score (nSPS) is 10.7. The molecule has 0 spiro atoms. The zero-order valence-electron chi connectivity index (χ0n) is 23.0. The van der Waals surface area contributed by atoms with Crippen LogP contribution in [0, 0.1) is 6.92 Å². The van der Waals surface area contributed by atoms with Crippen molar-refractivity contribution in [2.24, 2.45) is 0 Å². The van der Waals surface area contributed by atoms with Gasteiger partial charge < -0.3 is 19.1 Å². The lowest BCUT2D eigenvalue weighted by molar-refractivity contribution is -0.133. The molecule has 0 unspecified atom stereocenters. The molecule has 3 aromatic carbocycles. The summed E-state index contributed by atoms with van der Waals surface area (Å²) in [6.45, 7) is 6.13. The van der Waals surface area contributed by atoms with E-state index in [0.717, 1.165) is 34.6 Å². The maximum Gasteiger partial charge on any atom is 0.254 e. The summed E-state index contributed by atoms with van der Waals surface area (Å²) < 4.78 is 7.54. The van der Waals surface area contributed by atoms with Crippen LogP contribution in [0.2, 0.25) is 0 Å². The molecule has 0 atom stereocenters. The number of ether oxygens (including phenoxy) is 1. The van der Waals surface area contributed by atoms with Crippen LogP contribution in [0.1, 0.15) is 46.1 Å². The van der Waals surface area contributed by atoms with Crippen LogP contribution in [0.25, 0.3) is 0 Å². The van der Waals surface area contributed by atoms with Gasteiger partial charge in [-0.3, -0.25) is 9.59 Å². The Hall–Kier alpha value is -4.32. The number of amides is 2. The zero-order valence-corrected chi connectivity index (χ0v) is 23.0. The van der Waals surface area contributed by atoms with E-state index in [2.05, 4.69) is 10.6 Å². The largest absolute Gasteiger partial charge is 0.497 e. The molecule has 0 aliphatic carbocycles. The van der Waals surface area contributed by atoms with E-state index in [4.69, 9.17) is 4.74 Å². The third kappa shape index (κ3) is 7.60. The van der Waals surface area contributed by atoms with E-state index in [1.165, 1.54) is 0 Å². The molecule has 0 saturated heterocycles. The highest BCUT2D eigenvalue weighted by molar-refractivity contribution is 5.96. The molecule has 0 aliphatic heterocycles. The van der Waals surface area contributed by atoms with Gasteiger partial charge in [-0.2, -0.15) is 0 Å². The fraction of sp³-hybridized carbons (Fsp3) is 0.273. The van der Waals surface area contributed by atoms with Gasteiger partial charge in [0.2, 0.25) is 5.91 Å². The first-order valence-corrected chi connectivity index (χ1v) is 13.4. The predicted octanol–water partition coefficient (Wildman–Crippen LogP) is 5.93. The lowest BCUT2D eigenvalue weighted by atomic mass is 10.1. The number of benzene rings is 3. The molecule has 202 valence electrons. The van der Waals surface area contributed by atoms with Crippen LogP contribution in [0.15, 0.2) is 97.2 Å². The summed E-state index contributed by atoms with van der Waals surface area (Å²) >= 11 is 0. The molecule has 1 aromatic heterocycles. The smallest absolute Gasteiger partial charge is 0.254 e. The molecule has 4 aromatic rings. The van der Waals surface area contributed by atoms with Crippen LogP contribution in [0.5, 0.6) is 5.75 Å². The highest BCUT2D eigenvalue weighted by Gasteiger charge is 2.23. The third-order valence-corrected chi connectivity index (χ3v) is 6.74. The van der Waals surface area contributed by atoms with Crippen LogP contribution < -0.4 is 4.74 Å². The number of hydrogen-bond acceptors (Lipinski definition) is 3. The average molecular weight is 524 g/mol. The van der Waals surface area contributed by atoms with E-state index in [-0.39, 0.29) is 18.4 Å². The maximum atomic E-state index is 13.8. The van der Waals surface area contributed by atoms with Crippen molar-refractivity contribution in [3.63, 3.8) is 0 Å². The molecular weight excluding hydrogens is 486 g/mol. The summed E-state index contributed by atoms with van der Waals surface area (Å²) in [6.07, 6.45) is 2.80. The highest BCUT2D eigenvalue weighted by atomic mass is 16.5. The van der Waals surface area contributed by atoms with Gasteiger partial charge in [0.25, 0.3) is 5.91 Å². The number of carbonyl (C=O) groups excluding carboxylic acids is 2. The topological polar surface area (TPSA) is 54.8 Å². The molecule has 0 fully saturated rings. The molecule has 0 saturated carbocycles. The standard InChI is InChI=1S/C33H37N3O3/c1-4-19-35(33(38)29-17-15-26(2)16-18-29)25-32(37)36(22-27-10-6-5-7-11-27)24-30-13-9-20-34(30)23-28-12-8-14-31(21-28)39-3/h5-18,20-21H,4,19,22-25H2,1-3H3. The van der Waals surface area contributed by atoms with Gasteiger partial charge in [-0.15, -0.1) is 0 Å². The van der Waals surface area contributed by atoms with E-state index in [1.807, 2.05) is 110 Å². The first-order valence-electron chi connectivity index (χ1n) is 13.4. The Morgan fingerprint density at radius 3 is 2.28 bits per heavy atom. The predicted molar refractivity (Wildman–Crippen MR) is 155 cm³/mol. The molecular formula is C33H37N3O3. The van der Waals surface area contributed by atoms with Gasteiger partial charge in [0.1, 0.15) is 12.3 Å². The van der Waals surface area contributed by atoms with Gasteiger partial charge in [-0.1, -0.05) is 67.1 Å². The number of hydrogen-bond donors (Lipinski definition) is 0. The minimum Gasteiger partial charge on any atom is -0.497 e. The quantitative estimate of drug-likeness (QED) is 0.231. The van der Waals surface area contributed by atoms with Gasteiger partial charge >= 0.3 is 0 Å². The van der Waals surface area contributed by atoms with Crippen LogP contribution in [0.4, 0.5) is 0 Å². The second-order valence-electron chi connectivity index (χ2n) is 9.81. The van der Waals surface area contributed by atoms with Crippen molar-refractivity contribution >= 4 is 11.8 Å². The lowest BCUT2D eigenvalue weighted by Gasteiger charge is -2.28. The van der Waals surface area contributed by atoms with E-state index in [1.54, 1.807) is 12.0 Å². The van der Waals surface area contributed by atoms with Gasteiger partial charge in [0.05, 0.1) is 13.7 Å². The van der Waals surface area contributed by atoms with Gasteiger partial charge in [0, 0.05) is 37.1 Å². The van der Waals surface area contributed by atoms with Gasteiger partial charge in [-0.25, -0.2) is 0 Å². The van der Waals surface area contributed by atoms with E-state index < -0.39 is 0 Å². The molecule has 6 nitrogen and oxygen atoms in total. The number of rotatable bonds is 12. The van der Waals surface area contributed by atoms with Crippen LogP contribution in [0.3, 0.4) is 0 Å². The van der Waals surface area contributed by atoms with Crippen LogP contribution >= 0.6 is 0 Å². The summed E-state index contributed by atoms with van der Waals surface area (Å²) in [7, 11) is 1.67. The Morgan fingerprint density at radius 2 is 1.56 bits per heavy atom. The third-order valence-electron chi connectivity index (χ3n) is 6.74. The van der Waals surface area contributed by atoms with Crippen molar-refractivity contribution in [1.82, 2.24) is 14.4 Å². The molecule has 0 radical (unpaired) electrons. The minimum absolute atomic E-state index is 0.0317. The molecule has 6 heteroatoms. The van der Waals surface area contributed by atoms with Crippen molar-refractivity contribution in [2.45, 2.75) is 39.9 Å². The Labute approximate surface area is 231 Å². The summed E-state index contributed by atoms with van der Waals surface area (Å²) in [5.74, 6) is 0.615. The fourth-order valence-electron chi connectivity index (χ4n) is 4.61. The fourth-order valence-corrected chi connectivity index (χ4v) is 4.61. The van der Waals surface area contributed by atoms with Crippen molar-refractivity contribution in [2.75, 3.05) is 20.2 Å². The second-order valence-corrected chi connectivity index (χ2v) is 9.81. The molecule has 1 heterocycles. The summed E-state index contributed by atoms with van der Waals surface area (Å²) in [5, 5.41) is 0. The molecule has 2 amide bonds. The lowest BCUT2D eigenvalue weighted by Crippen LogP contribution is -2.43. The van der Waals surface area contributed by atoms with Gasteiger partial charge in [-0.05, 0) is 60.9 Å². The van der Waals surface area contributed by atoms with Gasteiger partial charge in [0.15, 0.2) is 0 Å². The monoisotopic (exact) mass is 523 g/mol. The maximum absolute atomic E-state index is 13.8. The molecule has 4 rings (SSSR count). The van der Waals surface area contributed by atoms with E-state index >= 15 is 0 Å². The van der Waals surface area contributed by atoms with Crippen LogP contribution in [-0.4, -0.2) is 46.4 Å². The highest BCUT2D eigenvalue weighted by Crippen LogP contribution is 2.18. The Kier molecular flexibility index (Phi) is 9.57. The van der Waals surface area contributed by atoms with Crippen LogP contribution in [-0.2, 0) is 24.4 Å². The van der Waals surface area contributed by atoms with Crippen molar-refractivity contribution in [3.8, 4) is 5.75 Å². The number of aryl methyl sites for hydroxylation is 1. The first-order chi connectivity index (χ1) is 19.0. The SMILES string of the molecule is CCCN(CC(=O)N(Cc1ccccc1)Cc1cccn1Cc1cccc(OC)c1)C(=O)c1ccc(C)cc1. The number of aromatic nitrogens is 1. The number of nitrogens with zero attached hydrogens (tertiary/aromatic N) is 3. The number of carbonyl (C=O) groups is 2. The first kappa shape index (κ1) is 27.7. The average Bonchev–Trinajstić information content (AvgIpc) is 3.39. The van der Waals surface area contributed by atoms with E-state index in [9.17, 15) is 9.59 Å². The van der Waals surface area contributed by atoms with Crippen molar-refractivity contribution in [1.29, 1.82) is 0 Å². The number of methoxy groups -OCH3 is 1. The Bertz CT molecular complexity index is 1360. The van der Waals surface area contributed by atoms with Crippen molar-refractivity contribution in [3.05, 3.63) is 125 Å². The molecule has 0 aliphatic rings. The minimum atomic E-state index is -0.119. The summed E-state index contributed by atoms with van der Waals surface area (Å²) in [4.78, 5) is 30.7. The second kappa shape index (κ2) is 13.5. The summed E-state index contributed by atoms with van der Waals surface area (Å²) in [5.41, 5.74) is 4.88. The van der Waals surface area contributed by atoms with E-state index in [0.29, 0.717) is 31.7 Å². The Morgan fingerprint density at radius 1 is 0.821 bits per heavy atom. The Balaban J connectivity index is 1.55. The molecule has 0 N–H and O–H groups in total. The molecule has 39 heavy (non-hydrogen) atoms.